The first-order valence-corrected chi connectivity index (χ1v) is 17.6. The highest BCUT2D eigenvalue weighted by Crippen LogP contribution is 2.29. The molecule has 1 saturated heterocycles. The largest absolute Gasteiger partial charge is 0.444 e. The Morgan fingerprint density at radius 3 is 1.68 bits per heavy atom. The second-order valence-corrected chi connectivity index (χ2v) is 15.2. The Hall–Kier alpha value is -4.25. The molecule has 0 radical (unpaired) electrons. The van der Waals surface area contributed by atoms with Crippen LogP contribution in [-0.4, -0.2) is 71.6 Å². The topological polar surface area (TPSA) is 155 Å². The molecule has 0 spiro atoms. The molecule has 4 amide bonds. The minimum atomic E-state index is -1.04. The van der Waals surface area contributed by atoms with E-state index in [-0.39, 0.29) is 36.9 Å². The molecule has 50 heavy (non-hydrogen) atoms. The van der Waals surface area contributed by atoms with E-state index in [0.717, 1.165) is 11.1 Å². The number of rotatable bonds is 18. The lowest BCUT2D eigenvalue weighted by atomic mass is 9.93. The molecule has 0 saturated carbocycles. The number of hydrogen-bond acceptors (Lipinski definition) is 7. The van der Waals surface area contributed by atoms with E-state index in [2.05, 4.69) is 21.3 Å². The number of epoxide rings is 1. The third-order valence-electron chi connectivity index (χ3n) is 8.27. The summed E-state index contributed by atoms with van der Waals surface area (Å²) in [6.07, 6.45) is 0.867. The first-order valence-electron chi connectivity index (χ1n) is 17.6. The summed E-state index contributed by atoms with van der Waals surface area (Å²) in [6.45, 7) is 15.0. The molecular formula is C39H56N4O7. The van der Waals surface area contributed by atoms with Gasteiger partial charge in [-0.15, -0.1) is 0 Å². The Kier molecular flexibility index (Phi) is 14.6. The summed E-state index contributed by atoms with van der Waals surface area (Å²) in [6, 6.07) is 15.0. The standard InChI is InChI=1S/C39H56N4O7/c1-25(2)21-30(33(44)39(8)24-49-39)40-36(47)32(23-28-17-13-10-14-18-28)42-35(46)31(22-26(3)4)41-34(45)29(43-37(48)50-38(5,6)7)20-19-27-15-11-9-12-16-27/h9-18,25-26,29-32H,19-24H2,1-8H3,(H,40,47)(H,41,45)(H,42,46)(H,43,48)/t29-,30?,31?,32+,39?/m1/s1. The van der Waals surface area contributed by atoms with Gasteiger partial charge in [-0.3, -0.25) is 19.2 Å². The quantitative estimate of drug-likeness (QED) is 0.166. The highest BCUT2D eigenvalue weighted by atomic mass is 16.6. The number of aryl methyl sites for hydroxylation is 1. The zero-order valence-corrected chi connectivity index (χ0v) is 30.8. The molecule has 3 rings (SSSR count). The maximum Gasteiger partial charge on any atom is 0.408 e. The summed E-state index contributed by atoms with van der Waals surface area (Å²) in [5.74, 6) is -1.69. The van der Waals surface area contributed by atoms with Crippen molar-refractivity contribution in [2.24, 2.45) is 11.8 Å². The molecule has 2 aromatic rings. The van der Waals surface area contributed by atoms with E-state index in [4.69, 9.17) is 9.47 Å². The first kappa shape index (κ1) is 40.2. The Balaban J connectivity index is 1.83. The molecule has 11 nitrogen and oxygen atoms in total. The smallest absolute Gasteiger partial charge is 0.408 e. The van der Waals surface area contributed by atoms with Gasteiger partial charge in [0.2, 0.25) is 17.7 Å². The third kappa shape index (κ3) is 13.6. The average Bonchev–Trinajstić information content (AvgIpc) is 3.79. The van der Waals surface area contributed by atoms with Crippen LogP contribution in [0.1, 0.15) is 85.8 Å². The number of amides is 4. The van der Waals surface area contributed by atoms with Gasteiger partial charge >= 0.3 is 6.09 Å². The van der Waals surface area contributed by atoms with Crippen LogP contribution in [0.15, 0.2) is 60.7 Å². The summed E-state index contributed by atoms with van der Waals surface area (Å²) in [5, 5.41) is 11.3. The number of nitrogens with one attached hydrogen (secondary N) is 4. The van der Waals surface area contributed by atoms with E-state index in [1.807, 2.05) is 88.4 Å². The zero-order chi connectivity index (χ0) is 37.1. The maximum absolute atomic E-state index is 14.0. The molecule has 1 fully saturated rings. The average molecular weight is 693 g/mol. The Labute approximate surface area is 297 Å². The molecule has 5 atom stereocenters. The van der Waals surface area contributed by atoms with Crippen molar-refractivity contribution in [1.82, 2.24) is 21.3 Å². The maximum atomic E-state index is 14.0. The van der Waals surface area contributed by atoms with Gasteiger partial charge in [0.1, 0.15) is 29.3 Å². The van der Waals surface area contributed by atoms with Crippen LogP contribution < -0.4 is 21.3 Å². The van der Waals surface area contributed by atoms with Gasteiger partial charge in [0.05, 0.1) is 12.6 Å². The highest BCUT2D eigenvalue weighted by molar-refractivity contribution is 5.98. The second-order valence-electron chi connectivity index (χ2n) is 15.2. The number of ketones is 1. The molecule has 1 aliphatic rings. The van der Waals surface area contributed by atoms with Crippen LogP contribution in [0, 0.1) is 11.8 Å². The van der Waals surface area contributed by atoms with Gasteiger partial charge in [-0.25, -0.2) is 4.79 Å². The number of Topliss-reactive ketones (excluding diaryl/α,β-unsaturated/α-hetero) is 1. The molecule has 3 unspecified atom stereocenters. The molecule has 0 aliphatic carbocycles. The molecule has 0 aromatic heterocycles. The SMILES string of the molecule is CC(C)CC(NC(=O)[C@@H](CCc1ccccc1)NC(=O)OC(C)(C)C)C(=O)N[C@@H](Cc1ccccc1)C(=O)NC(CC(C)C)C(=O)C1(C)CO1. The fraction of sp³-hybridized carbons (Fsp3) is 0.564. The number of benzene rings is 2. The van der Waals surface area contributed by atoms with Crippen molar-refractivity contribution in [2.45, 2.75) is 123 Å². The van der Waals surface area contributed by atoms with Crippen LogP contribution in [0.4, 0.5) is 4.79 Å². The predicted octanol–water partition coefficient (Wildman–Crippen LogP) is 4.66. The van der Waals surface area contributed by atoms with Gasteiger partial charge in [-0.1, -0.05) is 88.4 Å². The van der Waals surface area contributed by atoms with Crippen LogP contribution in [0.3, 0.4) is 0 Å². The van der Waals surface area contributed by atoms with Crippen molar-refractivity contribution in [3.05, 3.63) is 71.8 Å². The number of hydrogen-bond donors (Lipinski definition) is 4. The monoisotopic (exact) mass is 692 g/mol. The fourth-order valence-electron chi connectivity index (χ4n) is 5.58. The fourth-order valence-corrected chi connectivity index (χ4v) is 5.58. The Morgan fingerprint density at radius 2 is 1.16 bits per heavy atom. The van der Waals surface area contributed by atoms with Gasteiger partial charge in [-0.2, -0.15) is 0 Å². The van der Waals surface area contributed by atoms with Crippen molar-refractivity contribution < 1.29 is 33.4 Å². The first-order chi connectivity index (χ1) is 23.5. The lowest BCUT2D eigenvalue weighted by Gasteiger charge is -2.28. The molecule has 1 heterocycles. The number of alkyl carbamates (subject to hydrolysis) is 1. The Bertz CT molecular complexity index is 1440. The summed E-state index contributed by atoms with van der Waals surface area (Å²) in [5.41, 5.74) is 0.0894. The molecule has 4 N–H and O–H groups in total. The highest BCUT2D eigenvalue weighted by Gasteiger charge is 2.50. The summed E-state index contributed by atoms with van der Waals surface area (Å²) < 4.78 is 10.8. The van der Waals surface area contributed by atoms with E-state index in [1.165, 1.54) is 0 Å². The summed E-state index contributed by atoms with van der Waals surface area (Å²) in [4.78, 5) is 67.8. The normalized spacial score (nSPS) is 18.0. The molecule has 0 bridgehead atoms. The molecule has 2 aromatic carbocycles. The Morgan fingerprint density at radius 1 is 0.700 bits per heavy atom. The van der Waals surface area contributed by atoms with Crippen molar-refractivity contribution in [3.63, 3.8) is 0 Å². The minimum absolute atomic E-state index is 0.00126. The predicted molar refractivity (Wildman–Crippen MR) is 192 cm³/mol. The van der Waals surface area contributed by atoms with E-state index in [9.17, 15) is 24.0 Å². The van der Waals surface area contributed by atoms with Crippen LogP contribution >= 0.6 is 0 Å². The third-order valence-corrected chi connectivity index (χ3v) is 8.27. The van der Waals surface area contributed by atoms with E-state index in [0.29, 0.717) is 19.4 Å². The van der Waals surface area contributed by atoms with Gasteiger partial charge in [0.25, 0.3) is 0 Å². The van der Waals surface area contributed by atoms with E-state index >= 15 is 0 Å². The molecule has 1 aliphatic heterocycles. The molecular weight excluding hydrogens is 636 g/mol. The van der Waals surface area contributed by atoms with E-state index in [1.54, 1.807) is 27.7 Å². The number of carbonyl (C=O) groups is 5. The minimum Gasteiger partial charge on any atom is -0.444 e. The van der Waals surface area contributed by atoms with Crippen molar-refractivity contribution in [2.75, 3.05) is 6.61 Å². The van der Waals surface area contributed by atoms with Gasteiger partial charge in [0, 0.05) is 6.42 Å². The van der Waals surface area contributed by atoms with Crippen LogP contribution in [0.5, 0.6) is 0 Å². The van der Waals surface area contributed by atoms with Gasteiger partial charge in [0.15, 0.2) is 5.78 Å². The second kappa shape index (κ2) is 18.1. The van der Waals surface area contributed by atoms with Crippen molar-refractivity contribution in [1.29, 1.82) is 0 Å². The summed E-state index contributed by atoms with van der Waals surface area (Å²) >= 11 is 0. The van der Waals surface area contributed by atoms with Crippen molar-refractivity contribution >= 4 is 29.6 Å². The zero-order valence-electron chi connectivity index (χ0n) is 30.8. The number of ether oxygens (including phenoxy) is 2. The number of carbonyl (C=O) groups excluding carboxylic acids is 5. The molecule has 11 heteroatoms. The molecule has 274 valence electrons. The van der Waals surface area contributed by atoms with E-state index < -0.39 is 59.2 Å². The van der Waals surface area contributed by atoms with Crippen LogP contribution in [0.2, 0.25) is 0 Å². The summed E-state index contributed by atoms with van der Waals surface area (Å²) in [7, 11) is 0. The van der Waals surface area contributed by atoms with Crippen LogP contribution in [-0.2, 0) is 41.5 Å². The lowest BCUT2D eigenvalue weighted by molar-refractivity contribution is -0.134. The van der Waals surface area contributed by atoms with Gasteiger partial charge < -0.3 is 30.7 Å². The van der Waals surface area contributed by atoms with Crippen molar-refractivity contribution in [3.8, 4) is 0 Å². The lowest BCUT2D eigenvalue weighted by Crippen LogP contribution is -2.59. The van der Waals surface area contributed by atoms with Crippen LogP contribution in [0.25, 0.3) is 0 Å². The van der Waals surface area contributed by atoms with Gasteiger partial charge in [-0.05, 0) is 76.3 Å².